The lowest BCUT2D eigenvalue weighted by molar-refractivity contribution is 0.458. The van der Waals surface area contributed by atoms with E-state index in [9.17, 15) is 4.39 Å². The highest BCUT2D eigenvalue weighted by Gasteiger charge is 2.26. The van der Waals surface area contributed by atoms with E-state index in [1.54, 1.807) is 18.2 Å². The maximum absolute atomic E-state index is 14.1. The van der Waals surface area contributed by atoms with Crippen molar-refractivity contribution in [3.8, 4) is 0 Å². The first kappa shape index (κ1) is 17.2. The quantitative estimate of drug-likeness (QED) is 0.892. The van der Waals surface area contributed by atoms with Gasteiger partial charge in [-0.05, 0) is 11.6 Å². The van der Waals surface area contributed by atoms with Crippen molar-refractivity contribution in [3.05, 3.63) is 34.6 Å². The second-order valence-corrected chi connectivity index (χ2v) is 5.87. The summed E-state index contributed by atoms with van der Waals surface area (Å²) in [5, 5.41) is 3.45. The highest BCUT2D eigenvalue weighted by molar-refractivity contribution is 8.93. The van der Waals surface area contributed by atoms with E-state index in [0.717, 1.165) is 19.0 Å². The van der Waals surface area contributed by atoms with Gasteiger partial charge in [-0.3, -0.25) is 4.99 Å². The van der Waals surface area contributed by atoms with Gasteiger partial charge in [0.05, 0.1) is 11.6 Å². The number of rotatable bonds is 3. The van der Waals surface area contributed by atoms with E-state index < -0.39 is 0 Å². The zero-order valence-corrected chi connectivity index (χ0v) is 14.4. The molecule has 1 aliphatic heterocycles. The van der Waals surface area contributed by atoms with E-state index in [1.165, 1.54) is 0 Å². The van der Waals surface area contributed by atoms with Crippen LogP contribution in [-0.4, -0.2) is 37.5 Å². The van der Waals surface area contributed by atoms with Crippen molar-refractivity contribution in [1.29, 1.82) is 0 Å². The molecular formula is C14H20BrClFN3. The molecule has 0 unspecified atom stereocenters. The summed E-state index contributed by atoms with van der Waals surface area (Å²) in [6.45, 7) is 6.32. The van der Waals surface area contributed by atoms with Crippen LogP contribution in [0.15, 0.2) is 23.2 Å². The molecule has 1 aliphatic rings. The van der Waals surface area contributed by atoms with Gasteiger partial charge in [0.15, 0.2) is 5.96 Å². The Bertz CT molecular complexity index is 505. The Morgan fingerprint density at radius 2 is 2.15 bits per heavy atom. The van der Waals surface area contributed by atoms with Crippen molar-refractivity contribution in [2.24, 2.45) is 4.99 Å². The number of guanidine groups is 1. The fourth-order valence-corrected chi connectivity index (χ4v) is 2.32. The largest absolute Gasteiger partial charge is 0.355 e. The van der Waals surface area contributed by atoms with E-state index >= 15 is 0 Å². The molecule has 1 N–H and O–H groups in total. The van der Waals surface area contributed by atoms with Gasteiger partial charge in [0, 0.05) is 25.6 Å². The predicted molar refractivity (Wildman–Crippen MR) is 87.7 cm³/mol. The first-order chi connectivity index (χ1) is 8.92. The number of hydrogen-bond acceptors (Lipinski definition) is 3. The van der Waals surface area contributed by atoms with Crippen LogP contribution in [-0.2, 0) is 5.41 Å². The lowest BCUT2D eigenvalue weighted by atomic mass is 9.84. The van der Waals surface area contributed by atoms with Crippen LogP contribution >= 0.6 is 28.6 Å². The van der Waals surface area contributed by atoms with Crippen molar-refractivity contribution < 1.29 is 4.39 Å². The van der Waals surface area contributed by atoms with Gasteiger partial charge in [-0.15, -0.1) is 17.0 Å². The maximum Gasteiger partial charge on any atom is 0.193 e. The van der Waals surface area contributed by atoms with E-state index in [4.69, 9.17) is 11.6 Å². The van der Waals surface area contributed by atoms with Gasteiger partial charge < -0.3 is 10.2 Å². The fraction of sp³-hybridized carbons (Fsp3) is 0.500. The SMILES string of the molecule is Br.CN1CCN=C1NCC(C)(C)c1cccc(Cl)c1F. The number of aliphatic imine (C=N–C) groups is 1. The molecule has 112 valence electrons. The summed E-state index contributed by atoms with van der Waals surface area (Å²) < 4.78 is 14.1. The molecular weight excluding hydrogens is 345 g/mol. The zero-order chi connectivity index (χ0) is 14.0. The topological polar surface area (TPSA) is 27.6 Å². The van der Waals surface area contributed by atoms with Gasteiger partial charge in [0.25, 0.3) is 0 Å². The molecule has 0 saturated heterocycles. The molecule has 0 aromatic heterocycles. The molecule has 0 bridgehead atoms. The summed E-state index contributed by atoms with van der Waals surface area (Å²) in [4.78, 5) is 6.43. The Hall–Kier alpha value is -0.810. The lowest BCUT2D eigenvalue weighted by Crippen LogP contribution is -2.42. The van der Waals surface area contributed by atoms with Crippen LogP contribution in [0.2, 0.25) is 5.02 Å². The molecule has 0 amide bonds. The normalized spacial score (nSPS) is 14.8. The first-order valence-corrected chi connectivity index (χ1v) is 6.73. The van der Waals surface area contributed by atoms with E-state index in [0.29, 0.717) is 12.1 Å². The van der Waals surface area contributed by atoms with Crippen LogP contribution in [0.25, 0.3) is 0 Å². The average Bonchev–Trinajstić information content (AvgIpc) is 2.76. The number of hydrogen-bond donors (Lipinski definition) is 1. The molecule has 20 heavy (non-hydrogen) atoms. The average molecular weight is 365 g/mol. The van der Waals surface area contributed by atoms with Gasteiger partial charge in [-0.1, -0.05) is 37.6 Å². The third-order valence-corrected chi connectivity index (χ3v) is 3.72. The van der Waals surface area contributed by atoms with Gasteiger partial charge in [-0.2, -0.15) is 0 Å². The molecule has 1 heterocycles. The predicted octanol–water partition coefficient (Wildman–Crippen LogP) is 3.23. The van der Waals surface area contributed by atoms with Crippen LogP contribution < -0.4 is 5.32 Å². The highest BCUT2D eigenvalue weighted by Crippen LogP contribution is 2.29. The van der Waals surface area contributed by atoms with Crippen LogP contribution in [0.3, 0.4) is 0 Å². The second-order valence-electron chi connectivity index (χ2n) is 5.47. The van der Waals surface area contributed by atoms with Crippen LogP contribution in [0.1, 0.15) is 19.4 Å². The fourth-order valence-electron chi connectivity index (χ4n) is 2.15. The smallest absolute Gasteiger partial charge is 0.193 e. The van der Waals surface area contributed by atoms with Crippen molar-refractivity contribution >= 4 is 34.5 Å². The zero-order valence-electron chi connectivity index (χ0n) is 11.9. The minimum absolute atomic E-state index is 0. The van der Waals surface area contributed by atoms with Crippen LogP contribution in [0.5, 0.6) is 0 Å². The standard InChI is InChI=1S/C14H19ClFN3.BrH/c1-14(2,9-18-13-17-7-8-19(13)3)10-5-4-6-11(15)12(10)16;/h4-6H,7-9H2,1-3H3,(H,17,18);1H. The Morgan fingerprint density at radius 3 is 2.75 bits per heavy atom. The Kier molecular flexibility index (Phi) is 5.83. The molecule has 6 heteroatoms. The first-order valence-electron chi connectivity index (χ1n) is 6.36. The van der Waals surface area contributed by atoms with Crippen LogP contribution in [0.4, 0.5) is 4.39 Å². The van der Waals surface area contributed by atoms with Crippen molar-refractivity contribution in [2.75, 3.05) is 26.7 Å². The van der Waals surface area contributed by atoms with Gasteiger partial charge in [0.2, 0.25) is 0 Å². The maximum atomic E-state index is 14.1. The van der Waals surface area contributed by atoms with Crippen molar-refractivity contribution in [2.45, 2.75) is 19.3 Å². The summed E-state index contributed by atoms with van der Waals surface area (Å²) >= 11 is 5.84. The molecule has 3 nitrogen and oxygen atoms in total. The number of nitrogens with one attached hydrogen (secondary N) is 1. The molecule has 0 fully saturated rings. The van der Waals surface area contributed by atoms with E-state index in [2.05, 4.69) is 15.2 Å². The molecule has 0 spiro atoms. The Labute approximate surface area is 135 Å². The van der Waals surface area contributed by atoms with Gasteiger partial charge in [-0.25, -0.2) is 4.39 Å². The molecule has 0 saturated carbocycles. The minimum Gasteiger partial charge on any atom is -0.355 e. The molecule has 0 aliphatic carbocycles. The summed E-state index contributed by atoms with van der Waals surface area (Å²) in [5.74, 6) is 0.535. The van der Waals surface area contributed by atoms with E-state index in [1.807, 2.05) is 20.9 Å². The summed E-state index contributed by atoms with van der Waals surface area (Å²) in [5.41, 5.74) is 0.259. The highest BCUT2D eigenvalue weighted by atomic mass is 79.9. The summed E-state index contributed by atoms with van der Waals surface area (Å²) in [6, 6.07) is 5.13. The number of halogens is 3. The third kappa shape index (κ3) is 3.64. The number of benzene rings is 1. The summed E-state index contributed by atoms with van der Waals surface area (Å²) in [6.07, 6.45) is 0. The molecule has 1 aromatic rings. The summed E-state index contributed by atoms with van der Waals surface area (Å²) in [7, 11) is 1.99. The van der Waals surface area contributed by atoms with Gasteiger partial charge >= 0.3 is 0 Å². The van der Waals surface area contributed by atoms with Crippen LogP contribution in [0, 0.1) is 5.82 Å². The van der Waals surface area contributed by atoms with E-state index in [-0.39, 0.29) is 33.2 Å². The Balaban J connectivity index is 0.00000200. The molecule has 1 aromatic carbocycles. The van der Waals surface area contributed by atoms with Crippen molar-refractivity contribution in [3.63, 3.8) is 0 Å². The second kappa shape index (κ2) is 6.76. The monoisotopic (exact) mass is 363 g/mol. The van der Waals surface area contributed by atoms with Crippen molar-refractivity contribution in [1.82, 2.24) is 10.2 Å². The number of likely N-dealkylation sites (N-methyl/N-ethyl adjacent to an activating group) is 1. The molecule has 0 atom stereocenters. The number of nitrogens with zero attached hydrogens (tertiary/aromatic N) is 2. The van der Waals surface area contributed by atoms with Gasteiger partial charge in [0.1, 0.15) is 5.82 Å². The minimum atomic E-state index is -0.360. The Morgan fingerprint density at radius 1 is 1.45 bits per heavy atom. The lowest BCUT2D eigenvalue weighted by Gasteiger charge is -2.28. The third-order valence-electron chi connectivity index (χ3n) is 3.43. The molecule has 0 radical (unpaired) electrons. The molecule has 2 rings (SSSR count).